The number of fused-ring (bicyclic) bond motifs is 6. The van der Waals surface area contributed by atoms with Crippen LogP contribution < -0.4 is 30.9 Å². The van der Waals surface area contributed by atoms with Gasteiger partial charge in [0.05, 0.1) is 5.69 Å². The second-order valence-corrected chi connectivity index (χ2v) is 12.9. The summed E-state index contributed by atoms with van der Waals surface area (Å²) in [4.78, 5) is 4.83. The van der Waals surface area contributed by atoms with E-state index in [0.717, 1.165) is 45.6 Å². The van der Waals surface area contributed by atoms with Crippen LogP contribution in [0.3, 0.4) is 0 Å². The Morgan fingerprint density at radius 1 is 0.440 bits per heavy atom. The Bertz CT molecular complexity index is 2480. The maximum atomic E-state index is 6.77. The number of ether oxygens (including phenoxy) is 1. The van der Waals surface area contributed by atoms with Crippen molar-refractivity contribution in [3.8, 4) is 22.6 Å². The van der Waals surface area contributed by atoms with Crippen molar-refractivity contribution in [3.63, 3.8) is 0 Å². The van der Waals surface area contributed by atoms with E-state index in [9.17, 15) is 0 Å². The van der Waals surface area contributed by atoms with Gasteiger partial charge in [-0.3, -0.25) is 0 Å². The van der Waals surface area contributed by atoms with Crippen LogP contribution in [0.1, 0.15) is 0 Å². The molecule has 3 nitrogen and oxygen atoms in total. The number of para-hydroxylation sites is 3. The molecule has 0 bridgehead atoms. The van der Waals surface area contributed by atoms with E-state index >= 15 is 0 Å². The number of benzene rings is 8. The van der Waals surface area contributed by atoms with E-state index in [2.05, 4.69) is 198 Å². The minimum Gasteiger partial charge on any atom is -0.458 e. The fraction of sp³-hybridized carbons (Fsp3) is 0. The van der Waals surface area contributed by atoms with Gasteiger partial charge >= 0.3 is 0 Å². The molecular formula is C46H31BN2O. The fourth-order valence-corrected chi connectivity index (χ4v) is 7.96. The van der Waals surface area contributed by atoms with Crippen molar-refractivity contribution in [1.82, 2.24) is 0 Å². The first-order valence-corrected chi connectivity index (χ1v) is 17.1. The third kappa shape index (κ3) is 4.46. The van der Waals surface area contributed by atoms with E-state index in [4.69, 9.17) is 4.74 Å². The highest BCUT2D eigenvalue weighted by molar-refractivity contribution is 7.00. The van der Waals surface area contributed by atoms with Gasteiger partial charge in [-0.15, -0.1) is 0 Å². The van der Waals surface area contributed by atoms with Crippen LogP contribution in [-0.4, -0.2) is 6.71 Å². The zero-order valence-electron chi connectivity index (χ0n) is 27.3. The molecule has 234 valence electrons. The Kier molecular flexibility index (Phi) is 6.60. The zero-order chi connectivity index (χ0) is 33.0. The van der Waals surface area contributed by atoms with Crippen molar-refractivity contribution in [2.75, 3.05) is 9.80 Å². The molecule has 50 heavy (non-hydrogen) atoms. The highest BCUT2D eigenvalue weighted by atomic mass is 16.5. The quantitative estimate of drug-likeness (QED) is 0.175. The normalized spacial score (nSPS) is 12.5. The van der Waals surface area contributed by atoms with Crippen molar-refractivity contribution in [2.24, 2.45) is 0 Å². The molecule has 2 aliphatic rings. The standard InChI is InChI=1S/C46H31BN2O/c1-5-16-32(17-6-1)33-28-29-43-39(30-33)47-45-38-25-14-13-24-37(38)41(48(34-18-7-2-8-19-34)35-20-9-3-10-21-35)31-42(45)49(36-22-11-4-12-23-36)40-26-15-27-44(50-43)46(40)47/h1-31H. The molecule has 0 saturated carbocycles. The predicted molar refractivity (Wildman–Crippen MR) is 210 cm³/mol. The van der Waals surface area contributed by atoms with Crippen LogP contribution in [-0.2, 0) is 0 Å². The van der Waals surface area contributed by atoms with E-state index in [0.29, 0.717) is 0 Å². The van der Waals surface area contributed by atoms with Crippen LogP contribution >= 0.6 is 0 Å². The molecule has 4 heteroatoms. The van der Waals surface area contributed by atoms with Crippen molar-refractivity contribution < 1.29 is 4.74 Å². The Morgan fingerprint density at radius 2 is 1.06 bits per heavy atom. The van der Waals surface area contributed by atoms with E-state index in [-0.39, 0.29) is 6.71 Å². The topological polar surface area (TPSA) is 15.7 Å². The molecule has 0 amide bonds. The first-order chi connectivity index (χ1) is 24.8. The molecule has 2 heterocycles. The lowest BCUT2D eigenvalue weighted by atomic mass is 9.33. The zero-order valence-corrected chi connectivity index (χ0v) is 27.3. The molecule has 8 aromatic carbocycles. The van der Waals surface area contributed by atoms with Gasteiger partial charge in [0.15, 0.2) is 0 Å². The van der Waals surface area contributed by atoms with Gasteiger partial charge in [-0.05, 0) is 93.6 Å². The van der Waals surface area contributed by atoms with Gasteiger partial charge in [0.25, 0.3) is 6.71 Å². The van der Waals surface area contributed by atoms with Gasteiger partial charge < -0.3 is 14.5 Å². The van der Waals surface area contributed by atoms with Crippen molar-refractivity contribution in [2.45, 2.75) is 0 Å². The average molecular weight is 639 g/mol. The smallest absolute Gasteiger partial charge is 0.257 e. The third-order valence-electron chi connectivity index (χ3n) is 10.1. The summed E-state index contributed by atoms with van der Waals surface area (Å²) < 4.78 is 6.77. The van der Waals surface area contributed by atoms with Crippen molar-refractivity contribution in [1.29, 1.82) is 0 Å². The molecule has 0 aliphatic carbocycles. The van der Waals surface area contributed by atoms with E-state index < -0.39 is 0 Å². The molecule has 10 rings (SSSR count). The van der Waals surface area contributed by atoms with Crippen LogP contribution in [0.2, 0.25) is 0 Å². The average Bonchev–Trinajstić information content (AvgIpc) is 3.19. The van der Waals surface area contributed by atoms with Gasteiger partial charge in [-0.25, -0.2) is 0 Å². The summed E-state index contributed by atoms with van der Waals surface area (Å²) in [5.74, 6) is 1.81. The number of hydrogen-bond acceptors (Lipinski definition) is 3. The van der Waals surface area contributed by atoms with Gasteiger partial charge in [0.1, 0.15) is 11.5 Å². The molecule has 2 aliphatic heterocycles. The first kappa shape index (κ1) is 28.5. The summed E-state index contributed by atoms with van der Waals surface area (Å²) in [6, 6.07) is 67.3. The second kappa shape index (κ2) is 11.6. The highest BCUT2D eigenvalue weighted by Gasteiger charge is 2.43. The Hall–Kier alpha value is -6.52. The monoisotopic (exact) mass is 638 g/mol. The second-order valence-electron chi connectivity index (χ2n) is 12.9. The third-order valence-corrected chi connectivity index (χ3v) is 10.1. The number of rotatable bonds is 5. The summed E-state index contributed by atoms with van der Waals surface area (Å²) in [6.07, 6.45) is 0. The largest absolute Gasteiger partial charge is 0.458 e. The van der Waals surface area contributed by atoms with Gasteiger partial charge in [-0.2, -0.15) is 0 Å². The molecular weight excluding hydrogens is 607 g/mol. The Morgan fingerprint density at radius 3 is 1.76 bits per heavy atom. The van der Waals surface area contributed by atoms with Crippen molar-refractivity contribution in [3.05, 3.63) is 188 Å². The maximum absolute atomic E-state index is 6.77. The van der Waals surface area contributed by atoms with E-state index in [1.54, 1.807) is 0 Å². The van der Waals surface area contributed by atoms with Gasteiger partial charge in [0.2, 0.25) is 0 Å². The molecule has 0 aromatic heterocycles. The summed E-state index contributed by atoms with van der Waals surface area (Å²) >= 11 is 0. The van der Waals surface area contributed by atoms with Crippen LogP contribution in [0.25, 0.3) is 21.9 Å². The lowest BCUT2D eigenvalue weighted by Gasteiger charge is -2.41. The minimum atomic E-state index is -0.0376. The molecule has 8 aromatic rings. The molecule has 0 spiro atoms. The molecule has 0 atom stereocenters. The lowest BCUT2D eigenvalue weighted by Crippen LogP contribution is -2.59. The molecule has 0 radical (unpaired) electrons. The van der Waals surface area contributed by atoms with Crippen LogP contribution in [0.4, 0.5) is 34.1 Å². The fourth-order valence-electron chi connectivity index (χ4n) is 7.96. The summed E-state index contributed by atoms with van der Waals surface area (Å²) in [7, 11) is 0. The first-order valence-electron chi connectivity index (χ1n) is 17.1. The molecule has 0 fully saturated rings. The Balaban J connectivity index is 1.32. The minimum absolute atomic E-state index is 0.0376. The van der Waals surface area contributed by atoms with E-state index in [1.807, 2.05) is 0 Å². The SMILES string of the molecule is c1ccc(-c2ccc3c(c2)B2c4c(cccc4N(c4ccccc4)c4cc(N(c5ccccc5)c5ccccc5)c5ccccc5c42)O3)cc1. The lowest BCUT2D eigenvalue weighted by molar-refractivity contribution is 0.487. The predicted octanol–water partition coefficient (Wildman–Crippen LogP) is 10.4. The number of nitrogens with zero attached hydrogens (tertiary/aromatic N) is 2. The number of anilines is 6. The van der Waals surface area contributed by atoms with Crippen molar-refractivity contribution >= 4 is 68.0 Å². The van der Waals surface area contributed by atoms with Gasteiger partial charge in [0, 0.05) is 33.8 Å². The summed E-state index contributed by atoms with van der Waals surface area (Å²) in [5, 5.41) is 2.42. The summed E-state index contributed by atoms with van der Waals surface area (Å²) in [6.45, 7) is -0.0376. The van der Waals surface area contributed by atoms with Crippen LogP contribution in [0.5, 0.6) is 11.5 Å². The van der Waals surface area contributed by atoms with Crippen LogP contribution in [0.15, 0.2) is 188 Å². The summed E-state index contributed by atoms with van der Waals surface area (Å²) in [5.41, 5.74) is 12.8. The Labute approximate surface area is 292 Å². The molecule has 0 saturated heterocycles. The number of hydrogen-bond donors (Lipinski definition) is 0. The van der Waals surface area contributed by atoms with Crippen LogP contribution in [0, 0.1) is 0 Å². The maximum Gasteiger partial charge on any atom is 0.257 e. The molecule has 0 N–H and O–H groups in total. The van der Waals surface area contributed by atoms with E-state index in [1.165, 1.54) is 38.3 Å². The highest BCUT2D eigenvalue weighted by Crippen LogP contribution is 2.46. The molecule has 0 unspecified atom stereocenters. The van der Waals surface area contributed by atoms with Gasteiger partial charge in [-0.1, -0.05) is 127 Å².